The zero-order chi connectivity index (χ0) is 38.2. The van der Waals surface area contributed by atoms with Gasteiger partial charge in [0, 0.05) is 18.8 Å². The summed E-state index contributed by atoms with van der Waals surface area (Å²) < 4.78 is 11.7. The average Bonchev–Trinajstić information content (AvgIpc) is 3.19. The highest BCUT2D eigenvalue weighted by Gasteiger charge is 2.33. The van der Waals surface area contributed by atoms with Crippen molar-refractivity contribution >= 4 is 5.97 Å². The van der Waals surface area contributed by atoms with E-state index in [0.29, 0.717) is 37.4 Å². The van der Waals surface area contributed by atoms with Crippen LogP contribution in [0.25, 0.3) is 22.3 Å². The Morgan fingerprint density at radius 3 is 1.91 bits per heavy atom. The van der Waals surface area contributed by atoms with Crippen molar-refractivity contribution in [3.8, 4) is 28.0 Å². The Morgan fingerprint density at radius 1 is 0.755 bits per heavy atom. The maximum atomic E-state index is 12.1. The number of ether oxygens (including phenoxy) is 2. The van der Waals surface area contributed by atoms with Gasteiger partial charge < -0.3 is 29.9 Å². The number of benzene rings is 3. The average molecular weight is 729 g/mol. The third-order valence-electron chi connectivity index (χ3n) is 11.1. The van der Waals surface area contributed by atoms with Crippen LogP contribution in [0, 0.1) is 11.3 Å². The normalized spacial score (nSPS) is 16.1. The van der Waals surface area contributed by atoms with Gasteiger partial charge in [-0.25, -0.2) is 4.79 Å². The summed E-state index contributed by atoms with van der Waals surface area (Å²) in [5, 5.41) is 40.1. The van der Waals surface area contributed by atoms with E-state index >= 15 is 0 Å². The van der Waals surface area contributed by atoms with Gasteiger partial charge in [-0.2, -0.15) is 0 Å². The zero-order valence-electron chi connectivity index (χ0n) is 32.5. The molecule has 0 aliphatic heterocycles. The number of aliphatic hydroxyl groups excluding tert-OH is 4. The lowest BCUT2D eigenvalue weighted by atomic mass is 9.77. The topological polar surface area (TPSA) is 116 Å². The first kappa shape index (κ1) is 42.3. The highest BCUT2D eigenvalue weighted by molar-refractivity contribution is 5.87. The summed E-state index contributed by atoms with van der Waals surface area (Å²) in [4.78, 5) is 12.1. The minimum atomic E-state index is -1.23. The van der Waals surface area contributed by atoms with E-state index in [0.717, 1.165) is 34.6 Å². The number of hydrogen-bond acceptors (Lipinski definition) is 7. The summed E-state index contributed by atoms with van der Waals surface area (Å²) in [5.41, 5.74) is 8.02. The first-order valence-corrected chi connectivity index (χ1v) is 20.0. The van der Waals surface area contributed by atoms with Crippen LogP contribution in [0.3, 0.4) is 0 Å². The van der Waals surface area contributed by atoms with E-state index in [1.165, 1.54) is 80.5 Å². The number of carbonyl (C=O) groups is 1. The van der Waals surface area contributed by atoms with Crippen LogP contribution in [0.4, 0.5) is 0 Å². The van der Waals surface area contributed by atoms with E-state index in [4.69, 9.17) is 9.47 Å². The molecule has 4 N–H and O–H groups in total. The first-order chi connectivity index (χ1) is 25.7. The van der Waals surface area contributed by atoms with Crippen molar-refractivity contribution in [1.29, 1.82) is 0 Å². The Morgan fingerprint density at radius 2 is 1.36 bits per heavy atom. The maximum Gasteiger partial charge on any atom is 0.333 e. The molecule has 0 spiro atoms. The van der Waals surface area contributed by atoms with E-state index in [1.54, 1.807) is 0 Å². The number of aryl methyl sites for hydroxylation is 3. The standard InChI is InChI=1S/C46H64O7/c1-5-7-8-11-34-14-16-36(17-15-34)37-18-20-38(21-19-37)39-22-23-43(35(6-2)26-39)42-27-40(12-9-24-47)44(41(28-42)13-10-25-48)52-31-46(29-49,30-50)32-53-45(51)33(3)4/h18-23,26-28,34,36,47-50H,3,5-17,24-25,29-32H2,1-2,4H3. The van der Waals surface area contributed by atoms with Crippen molar-refractivity contribution in [2.24, 2.45) is 11.3 Å². The van der Waals surface area contributed by atoms with E-state index < -0.39 is 24.6 Å². The lowest BCUT2D eigenvalue weighted by Gasteiger charge is -2.30. The SMILES string of the molecule is C=C(C)C(=O)OCC(CO)(CO)COc1c(CCCO)cc(-c2ccc(-c3ccc(C4CCC(CCCCC)CC4)cc3)cc2CC)cc1CCCO. The van der Waals surface area contributed by atoms with Crippen molar-refractivity contribution in [3.63, 3.8) is 0 Å². The third-order valence-corrected chi connectivity index (χ3v) is 11.1. The van der Waals surface area contributed by atoms with Crippen LogP contribution in [-0.4, -0.2) is 66.0 Å². The predicted molar refractivity (Wildman–Crippen MR) is 214 cm³/mol. The van der Waals surface area contributed by atoms with Gasteiger partial charge in [0.2, 0.25) is 0 Å². The number of esters is 1. The van der Waals surface area contributed by atoms with Gasteiger partial charge in [0.15, 0.2) is 0 Å². The van der Waals surface area contributed by atoms with Crippen LogP contribution in [0.5, 0.6) is 5.75 Å². The first-order valence-electron chi connectivity index (χ1n) is 20.0. The third kappa shape index (κ3) is 11.7. The summed E-state index contributed by atoms with van der Waals surface area (Å²) in [7, 11) is 0. The molecule has 0 amide bonds. The molecule has 0 aromatic heterocycles. The molecule has 1 saturated carbocycles. The molecule has 53 heavy (non-hydrogen) atoms. The van der Waals surface area contributed by atoms with E-state index in [9.17, 15) is 25.2 Å². The van der Waals surface area contributed by atoms with Gasteiger partial charge >= 0.3 is 5.97 Å². The van der Waals surface area contributed by atoms with Crippen molar-refractivity contribution in [2.45, 2.75) is 110 Å². The lowest BCUT2D eigenvalue weighted by molar-refractivity contribution is -0.146. The fraction of sp³-hybridized carbons (Fsp3) is 0.543. The maximum absolute atomic E-state index is 12.1. The Hall–Kier alpha value is -3.49. The van der Waals surface area contributed by atoms with Gasteiger partial charge in [0.1, 0.15) is 19.0 Å². The van der Waals surface area contributed by atoms with Gasteiger partial charge in [-0.05, 0) is 133 Å². The second-order valence-electron chi connectivity index (χ2n) is 15.3. The van der Waals surface area contributed by atoms with Gasteiger partial charge in [-0.15, -0.1) is 0 Å². The van der Waals surface area contributed by atoms with E-state index in [2.05, 4.69) is 75.0 Å². The molecule has 0 heterocycles. The van der Waals surface area contributed by atoms with Crippen LogP contribution < -0.4 is 4.74 Å². The summed E-state index contributed by atoms with van der Waals surface area (Å²) in [5.74, 6) is 1.57. The number of aliphatic hydroxyl groups is 4. The number of unbranched alkanes of at least 4 members (excludes halogenated alkanes) is 2. The van der Waals surface area contributed by atoms with Gasteiger partial charge in [-0.3, -0.25) is 0 Å². The van der Waals surface area contributed by atoms with Crippen LogP contribution >= 0.6 is 0 Å². The minimum Gasteiger partial charge on any atom is -0.492 e. The van der Waals surface area contributed by atoms with Crippen molar-refractivity contribution < 1.29 is 34.7 Å². The molecule has 0 saturated heterocycles. The van der Waals surface area contributed by atoms with E-state index in [-0.39, 0.29) is 32.0 Å². The zero-order valence-corrected chi connectivity index (χ0v) is 32.5. The Bertz CT molecular complexity index is 1550. The molecule has 0 bridgehead atoms. The summed E-state index contributed by atoms with van der Waals surface area (Å²) in [6, 6.07) is 20.1. The molecule has 7 nitrogen and oxygen atoms in total. The van der Waals surface area contributed by atoms with Gasteiger partial charge in [0.25, 0.3) is 0 Å². The quantitative estimate of drug-likeness (QED) is 0.0465. The Kier molecular flexibility index (Phi) is 17.1. The van der Waals surface area contributed by atoms with Crippen LogP contribution in [0.2, 0.25) is 0 Å². The highest BCUT2D eigenvalue weighted by atomic mass is 16.5. The highest BCUT2D eigenvalue weighted by Crippen LogP contribution is 2.40. The molecule has 290 valence electrons. The van der Waals surface area contributed by atoms with Crippen LogP contribution in [-0.2, 0) is 28.8 Å². The molecule has 0 unspecified atom stereocenters. The molecule has 3 aromatic rings. The fourth-order valence-electron chi connectivity index (χ4n) is 7.61. The largest absolute Gasteiger partial charge is 0.492 e. The predicted octanol–water partition coefficient (Wildman–Crippen LogP) is 8.76. The molecule has 3 aromatic carbocycles. The van der Waals surface area contributed by atoms with Crippen LogP contribution in [0.15, 0.2) is 66.7 Å². The second kappa shape index (κ2) is 21.4. The summed E-state index contributed by atoms with van der Waals surface area (Å²) >= 11 is 0. The second-order valence-corrected chi connectivity index (χ2v) is 15.3. The van der Waals surface area contributed by atoms with Crippen LogP contribution in [0.1, 0.15) is 113 Å². The molecular formula is C46H64O7. The molecule has 1 fully saturated rings. The molecule has 4 rings (SSSR count). The van der Waals surface area contributed by atoms with Crippen molar-refractivity contribution in [1.82, 2.24) is 0 Å². The molecule has 1 aliphatic rings. The molecular weight excluding hydrogens is 664 g/mol. The lowest BCUT2D eigenvalue weighted by Crippen LogP contribution is -2.41. The number of hydrogen-bond donors (Lipinski definition) is 4. The Balaban J connectivity index is 1.59. The van der Waals surface area contributed by atoms with Gasteiger partial charge in [-0.1, -0.05) is 88.6 Å². The summed E-state index contributed by atoms with van der Waals surface area (Å²) in [6.07, 6.45) is 13.7. The number of carbonyl (C=O) groups excluding carboxylic acids is 1. The monoisotopic (exact) mass is 728 g/mol. The fourth-order valence-corrected chi connectivity index (χ4v) is 7.61. The summed E-state index contributed by atoms with van der Waals surface area (Å²) in [6.45, 7) is 8.36. The van der Waals surface area contributed by atoms with Crippen molar-refractivity contribution in [2.75, 3.05) is 39.6 Å². The molecule has 0 radical (unpaired) electrons. The van der Waals surface area contributed by atoms with Gasteiger partial charge in [0.05, 0.1) is 18.6 Å². The Labute approximate surface area is 318 Å². The minimum absolute atomic E-state index is 0.0116. The smallest absolute Gasteiger partial charge is 0.333 e. The molecule has 0 atom stereocenters. The molecule has 1 aliphatic carbocycles. The van der Waals surface area contributed by atoms with Crippen molar-refractivity contribution in [3.05, 3.63) is 89.0 Å². The number of rotatable bonds is 22. The van der Waals surface area contributed by atoms with E-state index in [1.807, 2.05) is 0 Å². The molecule has 7 heteroatoms.